The van der Waals surface area contributed by atoms with Gasteiger partial charge in [-0.2, -0.15) is 5.10 Å². The number of ether oxygens (including phenoxy) is 3. The van der Waals surface area contributed by atoms with E-state index in [0.717, 1.165) is 22.0 Å². The summed E-state index contributed by atoms with van der Waals surface area (Å²) in [6.45, 7) is 0.647. The Bertz CT molecular complexity index is 1680. The molecule has 5 rings (SSSR count). The first kappa shape index (κ1) is 27.1. The van der Waals surface area contributed by atoms with E-state index in [-0.39, 0.29) is 11.9 Å². The van der Waals surface area contributed by atoms with Gasteiger partial charge in [-0.15, -0.1) is 0 Å². The lowest BCUT2D eigenvalue weighted by Crippen LogP contribution is -2.17. The number of hydrogen-bond acceptors (Lipinski definition) is 7. The molecule has 0 atom stereocenters. The van der Waals surface area contributed by atoms with Gasteiger partial charge in [-0.05, 0) is 59.7 Å². The molecule has 204 valence electrons. The number of fused-ring (bicyclic) bond motifs is 1. The number of carbonyl (C=O) groups is 2. The van der Waals surface area contributed by atoms with Crippen LogP contribution in [0.2, 0.25) is 0 Å². The molecule has 1 amide bonds. The minimum atomic E-state index is -0.388. The number of rotatable bonds is 10. The average Bonchev–Trinajstić information content (AvgIpc) is 3.03. The molecule has 0 unspecified atom stereocenters. The Labute approximate surface area is 237 Å². The smallest absolute Gasteiger partial charge is 0.337 e. The third kappa shape index (κ3) is 6.93. The third-order valence-corrected chi connectivity index (χ3v) is 6.26. The first-order valence-electron chi connectivity index (χ1n) is 12.9. The molecule has 4 aromatic carbocycles. The summed E-state index contributed by atoms with van der Waals surface area (Å²) in [6, 6.07) is 31.2. The van der Waals surface area contributed by atoms with Crippen molar-refractivity contribution >= 4 is 29.0 Å². The number of esters is 1. The van der Waals surface area contributed by atoms with Crippen LogP contribution >= 0.6 is 0 Å². The number of pyridine rings is 1. The summed E-state index contributed by atoms with van der Waals surface area (Å²) in [5, 5.41) is 5.13. The van der Waals surface area contributed by atoms with E-state index in [1.54, 1.807) is 42.6 Å². The van der Waals surface area contributed by atoms with E-state index in [9.17, 15) is 9.59 Å². The number of hydrogen-bond donors (Lipinski definition) is 1. The molecule has 0 aliphatic carbocycles. The lowest BCUT2D eigenvalue weighted by atomic mass is 10.1. The molecular formula is C33H27N3O5. The van der Waals surface area contributed by atoms with Crippen molar-refractivity contribution < 1.29 is 23.8 Å². The van der Waals surface area contributed by atoms with Gasteiger partial charge in [0.1, 0.15) is 30.2 Å². The van der Waals surface area contributed by atoms with Crippen molar-refractivity contribution in [2.45, 2.75) is 13.2 Å². The van der Waals surface area contributed by atoms with Crippen molar-refractivity contribution in [3.05, 3.63) is 137 Å². The minimum Gasteiger partial charge on any atom is -0.488 e. The van der Waals surface area contributed by atoms with E-state index in [2.05, 4.69) is 15.5 Å². The second-order valence-corrected chi connectivity index (χ2v) is 9.03. The van der Waals surface area contributed by atoms with Gasteiger partial charge in [-0.1, -0.05) is 54.6 Å². The van der Waals surface area contributed by atoms with E-state index in [1.807, 2.05) is 66.7 Å². The molecule has 0 saturated heterocycles. The summed E-state index contributed by atoms with van der Waals surface area (Å²) in [5.41, 5.74) is 6.83. The predicted octanol–water partition coefficient (Wildman–Crippen LogP) is 5.94. The molecule has 5 aromatic rings. The van der Waals surface area contributed by atoms with Crippen molar-refractivity contribution in [3.63, 3.8) is 0 Å². The van der Waals surface area contributed by atoms with Crippen LogP contribution in [0.15, 0.2) is 114 Å². The number of para-hydroxylation sites is 2. The fourth-order valence-corrected chi connectivity index (χ4v) is 4.07. The number of aromatic nitrogens is 1. The molecule has 1 N–H and O–H groups in total. The monoisotopic (exact) mass is 545 g/mol. The number of nitrogens with one attached hydrogen (secondary N) is 1. The summed E-state index contributed by atoms with van der Waals surface area (Å²) in [4.78, 5) is 28.7. The lowest BCUT2D eigenvalue weighted by Gasteiger charge is -2.10. The van der Waals surface area contributed by atoms with Crippen LogP contribution in [0.4, 0.5) is 0 Å². The zero-order valence-electron chi connectivity index (χ0n) is 22.3. The third-order valence-electron chi connectivity index (χ3n) is 6.26. The van der Waals surface area contributed by atoms with Gasteiger partial charge in [0.15, 0.2) is 0 Å². The Hall–Kier alpha value is -5.50. The van der Waals surface area contributed by atoms with Crippen LogP contribution in [-0.4, -0.2) is 30.2 Å². The summed E-state index contributed by atoms with van der Waals surface area (Å²) in [5.74, 6) is 0.588. The average molecular weight is 546 g/mol. The van der Waals surface area contributed by atoms with E-state index in [0.29, 0.717) is 41.4 Å². The van der Waals surface area contributed by atoms with Crippen LogP contribution < -0.4 is 14.9 Å². The Morgan fingerprint density at radius 2 is 1.39 bits per heavy atom. The van der Waals surface area contributed by atoms with E-state index < -0.39 is 0 Å². The normalized spacial score (nSPS) is 10.9. The van der Waals surface area contributed by atoms with Crippen molar-refractivity contribution in [2.75, 3.05) is 7.11 Å². The van der Waals surface area contributed by atoms with Crippen LogP contribution in [0.1, 0.15) is 37.4 Å². The highest BCUT2D eigenvalue weighted by atomic mass is 16.5. The van der Waals surface area contributed by atoms with Gasteiger partial charge in [0.25, 0.3) is 5.91 Å². The van der Waals surface area contributed by atoms with Gasteiger partial charge < -0.3 is 14.2 Å². The molecule has 0 saturated carbocycles. The van der Waals surface area contributed by atoms with Crippen molar-refractivity contribution in [2.24, 2.45) is 5.10 Å². The Balaban J connectivity index is 1.15. The number of carbonyl (C=O) groups excluding carboxylic acids is 2. The molecule has 1 heterocycles. The van der Waals surface area contributed by atoms with E-state index in [4.69, 9.17) is 14.2 Å². The summed E-state index contributed by atoms with van der Waals surface area (Å²) < 4.78 is 16.7. The van der Waals surface area contributed by atoms with E-state index >= 15 is 0 Å². The predicted molar refractivity (Wildman–Crippen MR) is 156 cm³/mol. The van der Waals surface area contributed by atoms with Crippen LogP contribution in [0.25, 0.3) is 10.9 Å². The largest absolute Gasteiger partial charge is 0.488 e. The molecule has 0 bridgehead atoms. The van der Waals surface area contributed by atoms with Crippen molar-refractivity contribution in [1.82, 2.24) is 10.4 Å². The second kappa shape index (κ2) is 13.0. The zero-order valence-corrected chi connectivity index (χ0v) is 22.3. The van der Waals surface area contributed by atoms with Gasteiger partial charge in [0.2, 0.25) is 0 Å². The molecule has 8 heteroatoms. The standard InChI is InChI=1S/C33H27N3O5/c1-39-33(38)27-17-13-24(14-18-27)21-40-29-9-3-2-6-28(29)20-35-36-32(37)26-15-11-23(12-16-26)22-41-30-10-4-7-25-8-5-19-34-31(25)30/h2-20H,21-22H2,1H3,(H,36,37). The maximum absolute atomic E-state index is 12.6. The maximum atomic E-state index is 12.6. The summed E-state index contributed by atoms with van der Waals surface area (Å²) >= 11 is 0. The molecule has 0 spiro atoms. The Kier molecular flexibility index (Phi) is 8.61. The number of methoxy groups -OCH3 is 1. The number of nitrogens with zero attached hydrogens (tertiary/aromatic N) is 2. The molecule has 0 fully saturated rings. The highest BCUT2D eigenvalue weighted by Crippen LogP contribution is 2.24. The second-order valence-electron chi connectivity index (χ2n) is 9.03. The van der Waals surface area contributed by atoms with Gasteiger partial charge in [-0.25, -0.2) is 10.2 Å². The van der Waals surface area contributed by atoms with E-state index in [1.165, 1.54) is 13.3 Å². The van der Waals surface area contributed by atoms with Crippen molar-refractivity contribution in [1.29, 1.82) is 0 Å². The highest BCUT2D eigenvalue weighted by Gasteiger charge is 2.08. The van der Waals surface area contributed by atoms with Gasteiger partial charge in [-0.3, -0.25) is 9.78 Å². The van der Waals surface area contributed by atoms with Crippen LogP contribution in [0.3, 0.4) is 0 Å². The van der Waals surface area contributed by atoms with Crippen LogP contribution in [0.5, 0.6) is 11.5 Å². The SMILES string of the molecule is COC(=O)c1ccc(COc2ccccc2C=NNC(=O)c2ccc(COc3cccc4cccnc34)cc2)cc1. The topological polar surface area (TPSA) is 99.1 Å². The molecular weight excluding hydrogens is 518 g/mol. The molecule has 8 nitrogen and oxygen atoms in total. The Morgan fingerprint density at radius 1 is 0.756 bits per heavy atom. The molecule has 41 heavy (non-hydrogen) atoms. The van der Waals surface area contributed by atoms with Gasteiger partial charge in [0.05, 0.1) is 18.9 Å². The summed E-state index contributed by atoms with van der Waals surface area (Å²) in [7, 11) is 1.35. The first-order chi connectivity index (χ1) is 20.1. The fraction of sp³-hybridized carbons (Fsp3) is 0.0909. The number of amides is 1. The van der Waals surface area contributed by atoms with Gasteiger partial charge in [0, 0.05) is 22.7 Å². The number of hydrazone groups is 1. The zero-order chi connectivity index (χ0) is 28.4. The first-order valence-corrected chi connectivity index (χ1v) is 12.9. The van der Waals surface area contributed by atoms with Crippen molar-refractivity contribution in [3.8, 4) is 11.5 Å². The molecule has 1 aromatic heterocycles. The molecule has 0 aliphatic heterocycles. The summed E-state index contributed by atoms with van der Waals surface area (Å²) in [6.07, 6.45) is 3.28. The Morgan fingerprint density at radius 3 is 2.12 bits per heavy atom. The molecule has 0 radical (unpaired) electrons. The highest BCUT2D eigenvalue weighted by molar-refractivity contribution is 5.95. The lowest BCUT2D eigenvalue weighted by molar-refractivity contribution is 0.0600. The van der Waals surface area contributed by atoms with Crippen LogP contribution in [-0.2, 0) is 18.0 Å². The quantitative estimate of drug-likeness (QED) is 0.132. The number of benzene rings is 4. The maximum Gasteiger partial charge on any atom is 0.337 e. The van der Waals surface area contributed by atoms with Crippen LogP contribution in [0, 0.1) is 0 Å². The fourth-order valence-electron chi connectivity index (χ4n) is 4.07. The molecule has 0 aliphatic rings. The van der Waals surface area contributed by atoms with Gasteiger partial charge >= 0.3 is 5.97 Å². The minimum absolute atomic E-state index is 0.297.